The van der Waals surface area contributed by atoms with E-state index in [2.05, 4.69) is 15.3 Å². The predicted molar refractivity (Wildman–Crippen MR) is 95.4 cm³/mol. The molecule has 1 heterocycles. The van der Waals surface area contributed by atoms with Crippen molar-refractivity contribution < 1.29 is 9.90 Å². The van der Waals surface area contributed by atoms with Gasteiger partial charge in [-0.1, -0.05) is 19.1 Å². The number of para-hydroxylation sites is 2. The summed E-state index contributed by atoms with van der Waals surface area (Å²) in [4.78, 5) is 19.8. The second kappa shape index (κ2) is 8.36. The molecule has 2 aromatic rings. The van der Waals surface area contributed by atoms with Gasteiger partial charge in [0.25, 0.3) is 0 Å². The Morgan fingerprint density at radius 3 is 2.78 bits per heavy atom. The average molecular weight is 335 g/mol. The van der Waals surface area contributed by atoms with Crippen molar-refractivity contribution in [3.8, 4) is 0 Å². The van der Waals surface area contributed by atoms with Gasteiger partial charge in [0.05, 0.1) is 28.1 Å². The van der Waals surface area contributed by atoms with E-state index < -0.39 is 0 Å². The molecule has 3 atom stereocenters. The van der Waals surface area contributed by atoms with Crippen LogP contribution in [-0.2, 0) is 4.79 Å². The van der Waals surface area contributed by atoms with E-state index >= 15 is 0 Å². The summed E-state index contributed by atoms with van der Waals surface area (Å²) >= 11 is 1.56. The monoisotopic (exact) mass is 335 g/mol. The van der Waals surface area contributed by atoms with Gasteiger partial charge in [0.15, 0.2) is 0 Å². The molecule has 1 amide bonds. The van der Waals surface area contributed by atoms with Gasteiger partial charge in [0.1, 0.15) is 5.82 Å². The fourth-order valence-electron chi connectivity index (χ4n) is 2.45. The molecule has 3 N–H and O–H groups in total. The molecule has 0 aliphatic carbocycles. The summed E-state index contributed by atoms with van der Waals surface area (Å²) in [6.45, 7) is 6.44. The molecule has 0 saturated carbocycles. The number of nitrogens with zero attached hydrogens (tertiary/aromatic N) is 1. The number of amides is 1. The van der Waals surface area contributed by atoms with Crippen LogP contribution in [0.1, 0.15) is 38.3 Å². The van der Waals surface area contributed by atoms with E-state index in [9.17, 15) is 9.90 Å². The topological polar surface area (TPSA) is 78.0 Å². The first kappa shape index (κ1) is 17.8. The first-order valence-corrected chi connectivity index (χ1v) is 9.01. The number of aliphatic hydroxyl groups excluding tert-OH is 1. The SMILES string of the molecule is CC(O)CC(C)CNC(=O)CSC(C)c1nc2ccccc2[nH]1. The number of nitrogens with one attached hydrogen (secondary N) is 2. The number of fused-ring (bicyclic) bond motifs is 1. The maximum Gasteiger partial charge on any atom is 0.230 e. The highest BCUT2D eigenvalue weighted by Gasteiger charge is 2.14. The van der Waals surface area contributed by atoms with Gasteiger partial charge in [-0.2, -0.15) is 0 Å². The molecule has 1 aromatic carbocycles. The van der Waals surface area contributed by atoms with Crippen molar-refractivity contribution in [1.29, 1.82) is 0 Å². The van der Waals surface area contributed by atoms with Crippen LogP contribution in [0.15, 0.2) is 24.3 Å². The molecule has 126 valence electrons. The number of aromatic nitrogens is 2. The van der Waals surface area contributed by atoms with Gasteiger partial charge >= 0.3 is 0 Å². The summed E-state index contributed by atoms with van der Waals surface area (Å²) in [6.07, 6.45) is 0.368. The number of hydrogen-bond acceptors (Lipinski definition) is 4. The third-order valence-electron chi connectivity index (χ3n) is 3.65. The summed E-state index contributed by atoms with van der Waals surface area (Å²) in [7, 11) is 0. The second-order valence-electron chi connectivity index (χ2n) is 6.09. The van der Waals surface area contributed by atoms with Crippen molar-refractivity contribution in [2.75, 3.05) is 12.3 Å². The highest BCUT2D eigenvalue weighted by molar-refractivity contribution is 8.00. The van der Waals surface area contributed by atoms with Crippen LogP contribution in [0.2, 0.25) is 0 Å². The number of rotatable bonds is 8. The number of thioether (sulfide) groups is 1. The maximum absolute atomic E-state index is 11.9. The van der Waals surface area contributed by atoms with Crippen LogP contribution in [0.25, 0.3) is 11.0 Å². The third kappa shape index (κ3) is 5.55. The van der Waals surface area contributed by atoms with E-state index in [1.807, 2.05) is 38.1 Å². The number of imidazole rings is 1. The lowest BCUT2D eigenvalue weighted by Crippen LogP contribution is -2.30. The van der Waals surface area contributed by atoms with Crippen LogP contribution in [-0.4, -0.2) is 39.4 Å². The predicted octanol–water partition coefficient (Wildman–Crippen LogP) is 2.88. The smallest absolute Gasteiger partial charge is 0.230 e. The van der Waals surface area contributed by atoms with E-state index in [0.29, 0.717) is 18.7 Å². The number of benzene rings is 1. The highest BCUT2D eigenvalue weighted by Crippen LogP contribution is 2.27. The van der Waals surface area contributed by atoms with Crippen LogP contribution in [0.3, 0.4) is 0 Å². The van der Waals surface area contributed by atoms with Gasteiger partial charge in [0, 0.05) is 6.54 Å². The van der Waals surface area contributed by atoms with Crippen LogP contribution < -0.4 is 5.32 Å². The minimum absolute atomic E-state index is 0.0235. The lowest BCUT2D eigenvalue weighted by atomic mass is 10.1. The molecule has 0 saturated heterocycles. The second-order valence-corrected chi connectivity index (χ2v) is 7.42. The quantitative estimate of drug-likeness (QED) is 0.693. The van der Waals surface area contributed by atoms with E-state index in [1.54, 1.807) is 18.7 Å². The largest absolute Gasteiger partial charge is 0.393 e. The summed E-state index contributed by atoms with van der Waals surface area (Å²) in [5, 5.41) is 12.4. The van der Waals surface area contributed by atoms with Crippen LogP contribution >= 0.6 is 11.8 Å². The normalized spacial score (nSPS) is 15.3. The Hall–Kier alpha value is -1.53. The highest BCUT2D eigenvalue weighted by atomic mass is 32.2. The lowest BCUT2D eigenvalue weighted by molar-refractivity contribution is -0.118. The number of carbonyl (C=O) groups is 1. The molecule has 6 heteroatoms. The fourth-order valence-corrected chi connectivity index (χ4v) is 3.22. The molecule has 0 aliphatic rings. The number of aliphatic hydroxyl groups is 1. The number of aromatic amines is 1. The molecule has 3 unspecified atom stereocenters. The van der Waals surface area contributed by atoms with Crippen LogP contribution in [0.4, 0.5) is 0 Å². The van der Waals surface area contributed by atoms with Crippen molar-refractivity contribution in [3.63, 3.8) is 0 Å². The van der Waals surface area contributed by atoms with Crippen molar-refractivity contribution in [2.45, 2.75) is 38.5 Å². The van der Waals surface area contributed by atoms with Crippen molar-refractivity contribution in [1.82, 2.24) is 15.3 Å². The Labute approximate surface area is 141 Å². The Bertz CT molecular complexity index is 609. The van der Waals surface area contributed by atoms with E-state index in [0.717, 1.165) is 16.9 Å². The minimum atomic E-state index is -0.329. The average Bonchev–Trinajstić information content (AvgIpc) is 2.94. The summed E-state index contributed by atoms with van der Waals surface area (Å²) < 4.78 is 0. The molecular formula is C17H25N3O2S. The molecule has 23 heavy (non-hydrogen) atoms. The van der Waals surface area contributed by atoms with E-state index in [1.165, 1.54) is 0 Å². The molecular weight excluding hydrogens is 310 g/mol. The molecule has 0 radical (unpaired) electrons. The molecule has 1 aromatic heterocycles. The van der Waals surface area contributed by atoms with Crippen LogP contribution in [0.5, 0.6) is 0 Å². The zero-order valence-corrected chi connectivity index (χ0v) is 14.7. The fraction of sp³-hybridized carbons (Fsp3) is 0.529. The molecule has 5 nitrogen and oxygen atoms in total. The van der Waals surface area contributed by atoms with Gasteiger partial charge in [-0.25, -0.2) is 4.98 Å². The van der Waals surface area contributed by atoms with Gasteiger partial charge < -0.3 is 15.4 Å². The third-order valence-corrected chi connectivity index (χ3v) is 4.80. The Kier molecular flexibility index (Phi) is 6.47. The molecule has 0 spiro atoms. The molecule has 0 aliphatic heterocycles. The Balaban J connectivity index is 1.77. The van der Waals surface area contributed by atoms with Crippen molar-refractivity contribution in [3.05, 3.63) is 30.1 Å². The minimum Gasteiger partial charge on any atom is -0.393 e. The van der Waals surface area contributed by atoms with E-state index in [4.69, 9.17) is 0 Å². The van der Waals surface area contributed by atoms with Crippen molar-refractivity contribution in [2.24, 2.45) is 5.92 Å². The van der Waals surface area contributed by atoms with Gasteiger partial charge in [0.2, 0.25) is 5.91 Å². The standard InChI is InChI=1S/C17H25N3O2S/c1-11(8-12(2)21)9-18-16(22)10-23-13(3)17-19-14-6-4-5-7-15(14)20-17/h4-7,11-13,21H,8-10H2,1-3H3,(H,18,22)(H,19,20). The summed E-state index contributed by atoms with van der Waals surface area (Å²) in [5.74, 6) is 1.60. The Morgan fingerprint density at radius 2 is 2.09 bits per heavy atom. The van der Waals surface area contributed by atoms with Crippen LogP contribution in [0, 0.1) is 5.92 Å². The molecule has 2 rings (SSSR count). The zero-order valence-electron chi connectivity index (χ0n) is 13.9. The first-order chi connectivity index (χ1) is 11.0. The molecule has 0 bridgehead atoms. The number of H-pyrrole nitrogens is 1. The van der Waals surface area contributed by atoms with Gasteiger partial charge in [-0.3, -0.25) is 4.79 Å². The summed E-state index contributed by atoms with van der Waals surface area (Å²) in [5.41, 5.74) is 1.97. The van der Waals surface area contributed by atoms with Crippen molar-refractivity contribution >= 4 is 28.7 Å². The van der Waals surface area contributed by atoms with Gasteiger partial charge in [-0.15, -0.1) is 11.8 Å². The number of hydrogen-bond donors (Lipinski definition) is 3. The van der Waals surface area contributed by atoms with E-state index in [-0.39, 0.29) is 23.2 Å². The zero-order chi connectivity index (χ0) is 16.8. The Morgan fingerprint density at radius 1 is 1.35 bits per heavy atom. The summed E-state index contributed by atoms with van der Waals surface area (Å²) in [6, 6.07) is 7.92. The molecule has 0 fully saturated rings. The lowest BCUT2D eigenvalue weighted by Gasteiger charge is -2.14. The first-order valence-electron chi connectivity index (χ1n) is 7.96. The maximum atomic E-state index is 11.9. The van der Waals surface area contributed by atoms with Gasteiger partial charge in [-0.05, 0) is 38.3 Å². The number of carbonyl (C=O) groups excluding carboxylic acids is 1.